The molecule has 1 fully saturated rings. The number of nitrogens with zero attached hydrogens (tertiary/aromatic N) is 1. The minimum atomic E-state index is -2.94. The van der Waals surface area contributed by atoms with E-state index in [1.165, 1.54) is 6.07 Å². The fourth-order valence-electron chi connectivity index (χ4n) is 2.75. The number of rotatable bonds is 8. The molecule has 0 saturated carbocycles. The van der Waals surface area contributed by atoms with Gasteiger partial charge >= 0.3 is 6.61 Å². The quantitative estimate of drug-likeness (QED) is 0.784. The largest absolute Gasteiger partial charge is 0.433 e. The first-order chi connectivity index (χ1) is 11.0. The third-order valence-corrected chi connectivity index (χ3v) is 4.85. The van der Waals surface area contributed by atoms with E-state index in [4.69, 9.17) is 4.74 Å². The molecule has 1 aliphatic heterocycles. The molecule has 0 aliphatic carbocycles. The van der Waals surface area contributed by atoms with Crippen LogP contribution in [-0.4, -0.2) is 56.8 Å². The van der Waals surface area contributed by atoms with Crippen molar-refractivity contribution in [1.82, 2.24) is 10.2 Å². The van der Waals surface area contributed by atoms with Gasteiger partial charge in [0.15, 0.2) is 0 Å². The molecule has 5 nitrogen and oxygen atoms in total. The molecule has 2 rings (SSSR count). The first kappa shape index (κ1) is 18.1. The van der Waals surface area contributed by atoms with Gasteiger partial charge in [0.2, 0.25) is 0 Å². The summed E-state index contributed by atoms with van der Waals surface area (Å²) in [7, 11) is 1.66. The zero-order valence-electron chi connectivity index (χ0n) is 13.3. The second-order valence-corrected chi connectivity index (χ2v) is 6.72. The lowest BCUT2D eigenvalue weighted by atomic mass is 10.2. The van der Waals surface area contributed by atoms with Crippen LogP contribution in [0.4, 0.5) is 8.78 Å². The molecule has 1 N–H and O–H groups in total. The number of nitrogens with one attached hydrogen (secondary N) is 1. The topological polar surface area (TPSA) is 50.8 Å². The second-order valence-electron chi connectivity index (χ2n) is 5.46. The van der Waals surface area contributed by atoms with Crippen LogP contribution in [0, 0.1) is 6.92 Å². The summed E-state index contributed by atoms with van der Waals surface area (Å²) in [5, 5.41) is 2.84. The maximum Gasteiger partial charge on any atom is 0.387 e. The van der Waals surface area contributed by atoms with Crippen molar-refractivity contribution < 1.29 is 23.0 Å². The van der Waals surface area contributed by atoms with Gasteiger partial charge in [-0.2, -0.15) is 8.78 Å². The van der Waals surface area contributed by atoms with Gasteiger partial charge in [-0.25, -0.2) is 0 Å². The maximum absolute atomic E-state index is 12.4. The summed E-state index contributed by atoms with van der Waals surface area (Å²) in [6.45, 7) is 1.78. The van der Waals surface area contributed by atoms with Gasteiger partial charge in [-0.1, -0.05) is 0 Å². The van der Waals surface area contributed by atoms with E-state index >= 15 is 0 Å². The Morgan fingerprint density at radius 2 is 2.35 bits per heavy atom. The van der Waals surface area contributed by atoms with Crippen LogP contribution in [0.1, 0.15) is 27.4 Å². The lowest BCUT2D eigenvalue weighted by molar-refractivity contribution is -0.0498. The first-order valence-corrected chi connectivity index (χ1v) is 8.39. The molecule has 0 aromatic carbocycles. The van der Waals surface area contributed by atoms with Gasteiger partial charge in [-0.05, 0) is 32.4 Å². The first-order valence-electron chi connectivity index (χ1n) is 7.57. The van der Waals surface area contributed by atoms with Gasteiger partial charge in [0.05, 0.1) is 6.61 Å². The third kappa shape index (κ3) is 5.12. The predicted octanol–water partition coefficient (Wildman–Crippen LogP) is 2.50. The SMILES string of the molecule is COCCN1CCC[C@H]1CNC(=O)c1sc(C)cc1OC(F)F. The third-order valence-electron chi connectivity index (χ3n) is 3.82. The van der Waals surface area contributed by atoms with Crippen molar-refractivity contribution in [2.75, 3.05) is 33.4 Å². The highest BCUT2D eigenvalue weighted by Crippen LogP contribution is 2.30. The fourth-order valence-corrected chi connectivity index (χ4v) is 3.61. The number of hydrogen-bond acceptors (Lipinski definition) is 5. The standard InChI is InChI=1S/C15H22F2N2O3S/c1-10-8-12(22-15(16)17)13(23-10)14(20)18-9-11-4-3-5-19(11)6-7-21-2/h8,11,15H,3-7,9H2,1-2H3,(H,18,20)/t11-/m0/s1. The predicted molar refractivity (Wildman–Crippen MR) is 84.5 cm³/mol. The Balaban J connectivity index is 1.92. The van der Waals surface area contributed by atoms with Crippen LogP contribution in [0.5, 0.6) is 5.75 Å². The van der Waals surface area contributed by atoms with Crippen molar-refractivity contribution in [3.05, 3.63) is 15.8 Å². The Kier molecular flexibility index (Phi) is 6.73. The molecule has 0 unspecified atom stereocenters. The summed E-state index contributed by atoms with van der Waals surface area (Å²) in [4.78, 5) is 15.5. The zero-order valence-corrected chi connectivity index (χ0v) is 14.1. The molecule has 1 aromatic heterocycles. The Morgan fingerprint density at radius 1 is 1.57 bits per heavy atom. The molecule has 1 aromatic rings. The number of methoxy groups -OCH3 is 1. The second kappa shape index (κ2) is 8.56. The Hall–Kier alpha value is -1.25. The monoisotopic (exact) mass is 348 g/mol. The van der Waals surface area contributed by atoms with Crippen molar-refractivity contribution in [2.24, 2.45) is 0 Å². The van der Waals surface area contributed by atoms with Crippen LogP contribution in [0.3, 0.4) is 0 Å². The molecule has 1 aliphatic rings. The minimum absolute atomic E-state index is 0.0531. The van der Waals surface area contributed by atoms with Gasteiger partial charge in [-0.15, -0.1) is 11.3 Å². The number of ether oxygens (including phenoxy) is 2. The van der Waals surface area contributed by atoms with Crippen LogP contribution in [0.25, 0.3) is 0 Å². The summed E-state index contributed by atoms with van der Waals surface area (Å²) in [6, 6.07) is 1.72. The van der Waals surface area contributed by atoms with Gasteiger partial charge in [0.1, 0.15) is 10.6 Å². The molecule has 1 amide bonds. The minimum Gasteiger partial charge on any atom is -0.433 e. The van der Waals surface area contributed by atoms with Crippen molar-refractivity contribution in [3.63, 3.8) is 0 Å². The normalized spacial score (nSPS) is 18.6. The molecule has 2 heterocycles. The van der Waals surface area contributed by atoms with Crippen LogP contribution in [-0.2, 0) is 4.74 Å². The van der Waals surface area contributed by atoms with Crippen molar-refractivity contribution in [1.29, 1.82) is 0 Å². The number of thiophene rings is 1. The number of carbonyl (C=O) groups is 1. The molecule has 0 bridgehead atoms. The Morgan fingerprint density at radius 3 is 3.04 bits per heavy atom. The van der Waals surface area contributed by atoms with Crippen LogP contribution >= 0.6 is 11.3 Å². The number of carbonyl (C=O) groups excluding carboxylic acids is 1. The number of alkyl halides is 2. The van der Waals surface area contributed by atoms with Crippen molar-refractivity contribution >= 4 is 17.2 Å². The highest BCUT2D eigenvalue weighted by molar-refractivity contribution is 7.14. The fraction of sp³-hybridized carbons (Fsp3) is 0.667. The lowest BCUT2D eigenvalue weighted by Gasteiger charge is -2.24. The molecule has 0 spiro atoms. The smallest absolute Gasteiger partial charge is 0.387 e. The lowest BCUT2D eigenvalue weighted by Crippen LogP contribution is -2.41. The van der Waals surface area contributed by atoms with Crippen molar-refractivity contribution in [3.8, 4) is 5.75 Å². The van der Waals surface area contributed by atoms with E-state index in [1.807, 2.05) is 0 Å². The van der Waals surface area contributed by atoms with E-state index in [9.17, 15) is 13.6 Å². The molecular formula is C15H22F2N2O3S. The summed E-state index contributed by atoms with van der Waals surface area (Å²) in [5.74, 6) is -0.417. The Labute approximate surface area is 138 Å². The van der Waals surface area contributed by atoms with Crippen molar-refractivity contribution in [2.45, 2.75) is 32.4 Å². The van der Waals surface area contributed by atoms with E-state index in [2.05, 4.69) is 15.0 Å². The number of hydrogen-bond donors (Lipinski definition) is 1. The highest BCUT2D eigenvalue weighted by atomic mass is 32.1. The van der Waals surface area contributed by atoms with Gasteiger partial charge in [0.25, 0.3) is 5.91 Å². The number of halogens is 2. The zero-order chi connectivity index (χ0) is 16.8. The Bertz CT molecular complexity index is 525. The molecule has 130 valence electrons. The molecule has 1 atom stereocenters. The van der Waals surface area contributed by atoms with Gasteiger partial charge in [0, 0.05) is 31.1 Å². The average Bonchev–Trinajstić information content (AvgIpc) is 3.08. The summed E-state index contributed by atoms with van der Waals surface area (Å²) in [6.07, 6.45) is 2.09. The van der Waals surface area contributed by atoms with Crippen LogP contribution in [0.15, 0.2) is 6.07 Å². The number of aryl methyl sites for hydroxylation is 1. The average molecular weight is 348 g/mol. The molecule has 23 heavy (non-hydrogen) atoms. The molecule has 8 heteroatoms. The number of amides is 1. The molecule has 0 radical (unpaired) electrons. The van der Waals surface area contributed by atoms with E-state index in [0.717, 1.165) is 42.1 Å². The van der Waals surface area contributed by atoms with Gasteiger partial charge in [-0.3, -0.25) is 9.69 Å². The van der Waals surface area contributed by atoms with E-state index in [0.29, 0.717) is 13.2 Å². The molecule has 1 saturated heterocycles. The summed E-state index contributed by atoms with van der Waals surface area (Å²) in [5.41, 5.74) is 0. The van der Waals surface area contributed by atoms with E-state index in [1.54, 1.807) is 14.0 Å². The van der Waals surface area contributed by atoms with Gasteiger partial charge < -0.3 is 14.8 Å². The van der Waals surface area contributed by atoms with E-state index < -0.39 is 6.61 Å². The van der Waals surface area contributed by atoms with E-state index in [-0.39, 0.29) is 22.6 Å². The highest BCUT2D eigenvalue weighted by Gasteiger charge is 2.26. The molecular weight excluding hydrogens is 326 g/mol. The van der Waals surface area contributed by atoms with Crippen LogP contribution < -0.4 is 10.1 Å². The summed E-state index contributed by atoms with van der Waals surface area (Å²) < 4.78 is 34.3. The van der Waals surface area contributed by atoms with Crippen LogP contribution in [0.2, 0.25) is 0 Å². The number of likely N-dealkylation sites (tertiary alicyclic amines) is 1. The maximum atomic E-state index is 12.4. The summed E-state index contributed by atoms with van der Waals surface area (Å²) >= 11 is 1.16.